The van der Waals surface area contributed by atoms with E-state index in [1.54, 1.807) is 0 Å². The molecule has 0 aromatic heterocycles. The van der Waals surface area contributed by atoms with Crippen molar-refractivity contribution in [1.29, 1.82) is 0 Å². The number of halogens is 1. The van der Waals surface area contributed by atoms with Crippen LogP contribution >= 0.6 is 11.6 Å². The topological polar surface area (TPSA) is 21.3 Å². The monoisotopic (exact) mass is 261 g/mol. The molecule has 0 aliphatic carbocycles. The van der Waals surface area contributed by atoms with Crippen LogP contribution in [0.15, 0.2) is 48.5 Å². The smallest absolute Gasteiger partial charge is 0.119 e. The van der Waals surface area contributed by atoms with Crippen molar-refractivity contribution in [2.75, 3.05) is 5.32 Å². The second-order valence-corrected chi connectivity index (χ2v) is 4.76. The number of hydrogen-bond donors (Lipinski definition) is 1. The highest BCUT2D eigenvalue weighted by Gasteiger charge is 1.99. The molecule has 2 rings (SSSR count). The van der Waals surface area contributed by atoms with Crippen LogP contribution < -0.4 is 10.1 Å². The fourth-order valence-corrected chi connectivity index (χ4v) is 1.81. The van der Waals surface area contributed by atoms with Crippen molar-refractivity contribution in [3.8, 4) is 5.75 Å². The van der Waals surface area contributed by atoms with Gasteiger partial charge in [-0.2, -0.15) is 0 Å². The Kier molecular flexibility index (Phi) is 4.11. The maximum atomic E-state index is 5.93. The second kappa shape index (κ2) is 5.78. The van der Waals surface area contributed by atoms with Gasteiger partial charge in [0.1, 0.15) is 5.75 Å². The molecule has 0 heterocycles. The van der Waals surface area contributed by atoms with Crippen LogP contribution in [0, 0.1) is 0 Å². The van der Waals surface area contributed by atoms with Crippen LogP contribution in [0.25, 0.3) is 0 Å². The minimum Gasteiger partial charge on any atom is -0.491 e. The normalized spacial score (nSPS) is 10.4. The van der Waals surface area contributed by atoms with E-state index in [1.165, 1.54) is 0 Å². The highest BCUT2D eigenvalue weighted by Crippen LogP contribution is 2.22. The molecule has 0 amide bonds. The molecule has 0 atom stereocenters. The van der Waals surface area contributed by atoms with Crippen LogP contribution in [-0.2, 0) is 0 Å². The van der Waals surface area contributed by atoms with Crippen LogP contribution in [0.3, 0.4) is 0 Å². The first kappa shape index (κ1) is 12.8. The van der Waals surface area contributed by atoms with Gasteiger partial charge in [-0.1, -0.05) is 17.7 Å². The van der Waals surface area contributed by atoms with Crippen LogP contribution in [0.5, 0.6) is 5.75 Å². The van der Waals surface area contributed by atoms with Crippen molar-refractivity contribution < 1.29 is 4.74 Å². The predicted molar refractivity (Wildman–Crippen MR) is 76.9 cm³/mol. The molecule has 0 saturated carbocycles. The van der Waals surface area contributed by atoms with Gasteiger partial charge >= 0.3 is 0 Å². The van der Waals surface area contributed by atoms with E-state index in [-0.39, 0.29) is 6.10 Å². The second-order valence-electron chi connectivity index (χ2n) is 4.33. The van der Waals surface area contributed by atoms with Gasteiger partial charge < -0.3 is 10.1 Å². The minimum atomic E-state index is 0.191. The molecule has 0 bridgehead atoms. The lowest BCUT2D eigenvalue weighted by Gasteiger charge is -2.11. The third-order valence-electron chi connectivity index (χ3n) is 2.34. The molecule has 0 unspecified atom stereocenters. The van der Waals surface area contributed by atoms with E-state index in [9.17, 15) is 0 Å². The van der Waals surface area contributed by atoms with E-state index in [0.29, 0.717) is 0 Å². The zero-order chi connectivity index (χ0) is 13.0. The minimum absolute atomic E-state index is 0.191. The zero-order valence-corrected chi connectivity index (χ0v) is 11.2. The van der Waals surface area contributed by atoms with Gasteiger partial charge in [-0.05, 0) is 56.3 Å². The molecule has 0 aliphatic rings. The lowest BCUT2D eigenvalue weighted by molar-refractivity contribution is 0.242. The molecule has 3 heteroatoms. The summed E-state index contributed by atoms with van der Waals surface area (Å²) < 4.78 is 5.59. The van der Waals surface area contributed by atoms with Gasteiger partial charge in [0.25, 0.3) is 0 Å². The number of hydrogen-bond acceptors (Lipinski definition) is 2. The number of benzene rings is 2. The molecule has 18 heavy (non-hydrogen) atoms. The predicted octanol–water partition coefficient (Wildman–Crippen LogP) is 4.87. The molecule has 2 nitrogen and oxygen atoms in total. The van der Waals surface area contributed by atoms with Gasteiger partial charge in [-0.3, -0.25) is 0 Å². The Morgan fingerprint density at radius 3 is 2.33 bits per heavy atom. The molecule has 0 fully saturated rings. The van der Waals surface area contributed by atoms with Gasteiger partial charge in [0.2, 0.25) is 0 Å². The van der Waals surface area contributed by atoms with E-state index in [2.05, 4.69) is 5.32 Å². The number of nitrogens with one attached hydrogen (secondary N) is 1. The largest absolute Gasteiger partial charge is 0.491 e. The average Bonchev–Trinajstić information content (AvgIpc) is 2.31. The standard InChI is InChI=1S/C15H16ClNO/c1-11(2)18-15-8-6-13(7-9-15)17-14-5-3-4-12(16)10-14/h3-11,17H,1-2H3. The molecular weight excluding hydrogens is 246 g/mol. The number of ether oxygens (including phenoxy) is 1. The first-order chi connectivity index (χ1) is 8.63. The molecule has 0 saturated heterocycles. The fourth-order valence-electron chi connectivity index (χ4n) is 1.62. The molecule has 2 aromatic carbocycles. The zero-order valence-electron chi connectivity index (χ0n) is 10.5. The quantitative estimate of drug-likeness (QED) is 0.848. The molecule has 1 N–H and O–H groups in total. The Morgan fingerprint density at radius 1 is 1.00 bits per heavy atom. The molecule has 2 aromatic rings. The number of rotatable bonds is 4. The van der Waals surface area contributed by atoms with Crippen molar-refractivity contribution in [2.24, 2.45) is 0 Å². The first-order valence-corrected chi connectivity index (χ1v) is 6.30. The van der Waals surface area contributed by atoms with E-state index in [4.69, 9.17) is 16.3 Å². The number of anilines is 2. The Labute approximate surface area is 113 Å². The summed E-state index contributed by atoms with van der Waals surface area (Å²) in [6.07, 6.45) is 0.191. The summed E-state index contributed by atoms with van der Waals surface area (Å²) in [4.78, 5) is 0. The van der Waals surface area contributed by atoms with Crippen molar-refractivity contribution >= 4 is 23.0 Å². The third-order valence-corrected chi connectivity index (χ3v) is 2.57. The fraction of sp³-hybridized carbons (Fsp3) is 0.200. The SMILES string of the molecule is CC(C)Oc1ccc(Nc2cccc(Cl)c2)cc1. The summed E-state index contributed by atoms with van der Waals surface area (Å²) in [5.74, 6) is 0.877. The van der Waals surface area contributed by atoms with Gasteiger partial charge in [0.15, 0.2) is 0 Å². The third kappa shape index (κ3) is 3.67. The molecule has 0 spiro atoms. The highest BCUT2D eigenvalue weighted by atomic mass is 35.5. The average molecular weight is 262 g/mol. The summed E-state index contributed by atoms with van der Waals surface area (Å²) in [6.45, 7) is 4.02. The van der Waals surface area contributed by atoms with Gasteiger partial charge in [0, 0.05) is 16.4 Å². The van der Waals surface area contributed by atoms with E-state index in [1.807, 2.05) is 62.4 Å². The summed E-state index contributed by atoms with van der Waals surface area (Å²) in [5, 5.41) is 4.01. The molecular formula is C15H16ClNO. The lowest BCUT2D eigenvalue weighted by Crippen LogP contribution is -2.05. The van der Waals surface area contributed by atoms with E-state index in [0.717, 1.165) is 22.1 Å². The summed E-state index contributed by atoms with van der Waals surface area (Å²) in [6, 6.07) is 15.5. The first-order valence-electron chi connectivity index (χ1n) is 5.93. The van der Waals surface area contributed by atoms with Crippen LogP contribution in [0.4, 0.5) is 11.4 Å². The summed E-state index contributed by atoms with van der Waals surface area (Å²) in [7, 11) is 0. The Morgan fingerprint density at radius 2 is 1.72 bits per heavy atom. The van der Waals surface area contributed by atoms with Crippen LogP contribution in [0.2, 0.25) is 5.02 Å². The van der Waals surface area contributed by atoms with E-state index < -0.39 is 0 Å². The summed E-state index contributed by atoms with van der Waals surface area (Å²) in [5.41, 5.74) is 1.98. The molecule has 94 valence electrons. The van der Waals surface area contributed by atoms with Gasteiger partial charge in [-0.15, -0.1) is 0 Å². The van der Waals surface area contributed by atoms with Gasteiger partial charge in [-0.25, -0.2) is 0 Å². The molecule has 0 aliphatic heterocycles. The van der Waals surface area contributed by atoms with E-state index >= 15 is 0 Å². The lowest BCUT2D eigenvalue weighted by atomic mass is 10.2. The van der Waals surface area contributed by atoms with Gasteiger partial charge in [0.05, 0.1) is 6.10 Å². The van der Waals surface area contributed by atoms with Crippen molar-refractivity contribution in [3.05, 3.63) is 53.6 Å². The maximum Gasteiger partial charge on any atom is 0.119 e. The maximum absolute atomic E-state index is 5.93. The Bertz CT molecular complexity index is 508. The van der Waals surface area contributed by atoms with Crippen molar-refractivity contribution in [2.45, 2.75) is 20.0 Å². The van der Waals surface area contributed by atoms with Crippen molar-refractivity contribution in [1.82, 2.24) is 0 Å². The van der Waals surface area contributed by atoms with Crippen LogP contribution in [0.1, 0.15) is 13.8 Å². The van der Waals surface area contributed by atoms with Crippen LogP contribution in [-0.4, -0.2) is 6.10 Å². The van der Waals surface area contributed by atoms with Crippen molar-refractivity contribution in [3.63, 3.8) is 0 Å². The Balaban J connectivity index is 2.06. The molecule has 0 radical (unpaired) electrons. The highest BCUT2D eigenvalue weighted by molar-refractivity contribution is 6.30. The summed E-state index contributed by atoms with van der Waals surface area (Å²) >= 11 is 5.93. The Hall–Kier alpha value is -1.67.